The highest BCUT2D eigenvalue weighted by Crippen LogP contribution is 2.40. The average molecular weight is 434 g/mol. The molecule has 2 aromatic carbocycles. The number of carbonyl (C=O) groups excluding carboxylic acids is 3. The Kier molecular flexibility index (Phi) is 5.99. The highest BCUT2D eigenvalue weighted by molar-refractivity contribution is 6.17. The number of anilines is 1. The van der Waals surface area contributed by atoms with Gasteiger partial charge in [0.1, 0.15) is 5.56 Å². The molecule has 1 fully saturated rings. The SMILES string of the molecule is CCC(=O)c1ccc(NC(=O)c2c(O)n(C(N)=O)c3c(C4CCCCC4)cccc23)cc1. The van der Waals surface area contributed by atoms with E-state index in [4.69, 9.17) is 5.73 Å². The predicted octanol–water partition coefficient (Wildman–Crippen LogP) is 5.17. The molecule has 166 valence electrons. The Morgan fingerprint density at radius 1 is 1.06 bits per heavy atom. The van der Waals surface area contributed by atoms with E-state index in [0.29, 0.717) is 28.6 Å². The zero-order valence-electron chi connectivity index (χ0n) is 18.1. The summed E-state index contributed by atoms with van der Waals surface area (Å²) in [6, 6.07) is 11.2. The molecule has 1 aromatic heterocycles. The fourth-order valence-corrected chi connectivity index (χ4v) is 4.67. The standard InChI is InChI=1S/C25H27N3O4/c1-2-20(29)16-11-13-17(14-12-16)27-23(30)21-19-10-6-9-18(15-7-4-3-5-8-15)22(19)28(24(21)31)25(26)32/h6,9-15,31H,2-5,7-8H2,1H3,(H2,26,32)(H,27,30). The van der Waals surface area contributed by atoms with Gasteiger partial charge in [-0.3, -0.25) is 9.59 Å². The van der Waals surface area contributed by atoms with Crippen LogP contribution in [0.4, 0.5) is 10.5 Å². The number of para-hydroxylation sites is 1. The zero-order valence-corrected chi connectivity index (χ0v) is 18.1. The second-order valence-corrected chi connectivity index (χ2v) is 8.26. The second kappa shape index (κ2) is 8.86. The number of nitrogens with two attached hydrogens (primary N) is 1. The Balaban J connectivity index is 1.75. The smallest absolute Gasteiger partial charge is 0.326 e. The largest absolute Gasteiger partial charge is 0.494 e. The average Bonchev–Trinajstić information content (AvgIpc) is 3.11. The summed E-state index contributed by atoms with van der Waals surface area (Å²) in [6.45, 7) is 1.79. The van der Waals surface area contributed by atoms with Gasteiger partial charge in [0.15, 0.2) is 5.78 Å². The molecule has 1 saturated carbocycles. The van der Waals surface area contributed by atoms with E-state index in [1.165, 1.54) is 6.42 Å². The highest BCUT2D eigenvalue weighted by Gasteiger charge is 2.29. The van der Waals surface area contributed by atoms with Gasteiger partial charge in [-0.2, -0.15) is 0 Å². The van der Waals surface area contributed by atoms with E-state index in [0.717, 1.165) is 35.8 Å². The lowest BCUT2D eigenvalue weighted by Gasteiger charge is -2.23. The lowest BCUT2D eigenvalue weighted by atomic mass is 9.83. The van der Waals surface area contributed by atoms with Gasteiger partial charge in [-0.15, -0.1) is 0 Å². The Hall–Kier alpha value is -3.61. The van der Waals surface area contributed by atoms with Crippen molar-refractivity contribution in [3.63, 3.8) is 0 Å². The summed E-state index contributed by atoms with van der Waals surface area (Å²) in [4.78, 5) is 37.2. The molecule has 0 aliphatic heterocycles. The van der Waals surface area contributed by atoms with Crippen LogP contribution in [-0.2, 0) is 0 Å². The molecule has 3 aromatic rings. The van der Waals surface area contributed by atoms with E-state index in [-0.39, 0.29) is 17.3 Å². The summed E-state index contributed by atoms with van der Waals surface area (Å²) < 4.78 is 1.04. The number of nitrogens with zero attached hydrogens (tertiary/aromatic N) is 1. The van der Waals surface area contributed by atoms with E-state index in [1.54, 1.807) is 37.3 Å². The van der Waals surface area contributed by atoms with Crippen molar-refractivity contribution in [2.75, 3.05) is 5.32 Å². The van der Waals surface area contributed by atoms with Crippen LogP contribution >= 0.6 is 0 Å². The minimum Gasteiger partial charge on any atom is -0.494 e. The summed E-state index contributed by atoms with van der Waals surface area (Å²) in [7, 11) is 0. The van der Waals surface area contributed by atoms with Gasteiger partial charge in [0.05, 0.1) is 5.52 Å². The van der Waals surface area contributed by atoms with Crippen LogP contribution in [0.5, 0.6) is 5.88 Å². The number of fused-ring (bicyclic) bond motifs is 1. The van der Waals surface area contributed by atoms with Gasteiger partial charge < -0.3 is 16.2 Å². The maximum atomic E-state index is 13.1. The molecule has 1 aliphatic rings. The molecule has 0 atom stereocenters. The van der Waals surface area contributed by atoms with E-state index < -0.39 is 17.8 Å². The van der Waals surface area contributed by atoms with Crippen LogP contribution in [-0.4, -0.2) is 27.4 Å². The quantitative estimate of drug-likeness (QED) is 0.482. The normalized spacial score (nSPS) is 14.4. The lowest BCUT2D eigenvalue weighted by molar-refractivity contribution is 0.0986. The van der Waals surface area contributed by atoms with E-state index >= 15 is 0 Å². The van der Waals surface area contributed by atoms with E-state index in [2.05, 4.69) is 5.32 Å². The second-order valence-electron chi connectivity index (χ2n) is 8.26. The summed E-state index contributed by atoms with van der Waals surface area (Å²) in [5.74, 6) is -0.756. The van der Waals surface area contributed by atoms with Crippen LogP contribution in [0.2, 0.25) is 0 Å². The Labute approximate surface area is 186 Å². The van der Waals surface area contributed by atoms with Crippen molar-refractivity contribution in [1.82, 2.24) is 4.57 Å². The Morgan fingerprint density at radius 2 is 1.75 bits per heavy atom. The molecule has 2 amide bonds. The first-order valence-electron chi connectivity index (χ1n) is 11.0. The van der Waals surface area contributed by atoms with Crippen molar-refractivity contribution in [2.45, 2.75) is 51.4 Å². The van der Waals surface area contributed by atoms with Gasteiger partial charge >= 0.3 is 6.03 Å². The fraction of sp³-hybridized carbons (Fsp3) is 0.320. The number of Topliss-reactive ketones (excluding diaryl/α,β-unsaturated/α-hetero) is 1. The zero-order chi connectivity index (χ0) is 22.8. The number of hydrogen-bond donors (Lipinski definition) is 3. The first kappa shape index (κ1) is 21.6. The number of benzene rings is 2. The Morgan fingerprint density at radius 3 is 2.38 bits per heavy atom. The molecule has 0 unspecified atom stereocenters. The van der Waals surface area contributed by atoms with Gasteiger partial charge in [0.2, 0.25) is 5.88 Å². The number of hydrogen-bond acceptors (Lipinski definition) is 4. The number of amides is 2. The molecule has 0 radical (unpaired) electrons. The van der Waals surface area contributed by atoms with Crippen LogP contribution in [0.15, 0.2) is 42.5 Å². The molecule has 1 heterocycles. The fourth-order valence-electron chi connectivity index (χ4n) is 4.67. The van der Waals surface area contributed by atoms with Gasteiger partial charge in [0.25, 0.3) is 5.91 Å². The summed E-state index contributed by atoms with van der Waals surface area (Å²) in [5, 5.41) is 14.1. The summed E-state index contributed by atoms with van der Waals surface area (Å²) in [5.41, 5.74) is 8.08. The first-order valence-corrected chi connectivity index (χ1v) is 11.0. The molecule has 0 saturated heterocycles. The van der Waals surface area contributed by atoms with Crippen molar-refractivity contribution >= 4 is 34.3 Å². The third-order valence-electron chi connectivity index (χ3n) is 6.27. The number of nitrogens with one attached hydrogen (secondary N) is 1. The van der Waals surface area contributed by atoms with Crippen molar-refractivity contribution in [1.29, 1.82) is 0 Å². The van der Waals surface area contributed by atoms with E-state index in [1.807, 2.05) is 12.1 Å². The molecular weight excluding hydrogens is 406 g/mol. The van der Waals surface area contributed by atoms with Gasteiger partial charge in [-0.25, -0.2) is 9.36 Å². The third kappa shape index (κ3) is 3.86. The lowest BCUT2D eigenvalue weighted by Crippen LogP contribution is -2.20. The molecule has 0 spiro atoms. The van der Waals surface area contributed by atoms with Crippen molar-refractivity contribution < 1.29 is 19.5 Å². The maximum Gasteiger partial charge on any atom is 0.326 e. The van der Waals surface area contributed by atoms with Gasteiger partial charge in [-0.05, 0) is 48.6 Å². The van der Waals surface area contributed by atoms with Crippen molar-refractivity contribution in [3.05, 3.63) is 59.2 Å². The summed E-state index contributed by atoms with van der Waals surface area (Å²) in [6.07, 6.45) is 5.78. The summed E-state index contributed by atoms with van der Waals surface area (Å²) >= 11 is 0. The van der Waals surface area contributed by atoms with E-state index in [9.17, 15) is 19.5 Å². The molecule has 32 heavy (non-hydrogen) atoms. The number of aromatic hydroxyl groups is 1. The number of aromatic nitrogens is 1. The Bertz CT molecular complexity index is 1190. The molecule has 0 bridgehead atoms. The number of primary amides is 1. The molecule has 4 rings (SSSR count). The predicted molar refractivity (Wildman–Crippen MR) is 123 cm³/mol. The molecule has 1 aliphatic carbocycles. The van der Waals surface area contributed by atoms with Crippen LogP contribution in [0.1, 0.15) is 77.6 Å². The van der Waals surface area contributed by atoms with Gasteiger partial charge in [-0.1, -0.05) is 44.4 Å². The number of rotatable bonds is 5. The van der Waals surface area contributed by atoms with Crippen molar-refractivity contribution in [3.8, 4) is 5.88 Å². The topological polar surface area (TPSA) is 114 Å². The van der Waals surface area contributed by atoms with Crippen LogP contribution in [0.3, 0.4) is 0 Å². The van der Waals surface area contributed by atoms with Crippen molar-refractivity contribution in [2.24, 2.45) is 5.73 Å². The number of carbonyl (C=O) groups is 3. The minimum atomic E-state index is -0.836. The van der Waals surface area contributed by atoms with Crippen LogP contribution in [0.25, 0.3) is 10.9 Å². The third-order valence-corrected chi connectivity index (χ3v) is 6.27. The first-order chi connectivity index (χ1) is 15.4. The molecule has 7 heteroatoms. The highest BCUT2D eigenvalue weighted by atomic mass is 16.3. The molecule has 7 nitrogen and oxygen atoms in total. The minimum absolute atomic E-state index is 0.00479. The van der Waals surface area contributed by atoms with Gasteiger partial charge in [0, 0.05) is 23.1 Å². The van der Waals surface area contributed by atoms with Crippen LogP contribution in [0, 0.1) is 0 Å². The maximum absolute atomic E-state index is 13.1. The number of ketones is 1. The monoisotopic (exact) mass is 433 g/mol. The molecular formula is C25H27N3O4. The molecule has 4 N–H and O–H groups in total. The van der Waals surface area contributed by atoms with Crippen LogP contribution < -0.4 is 11.1 Å².